The number of nitrogens with two attached hydrogens (primary N) is 1. The maximum atomic E-state index is 11.0. The summed E-state index contributed by atoms with van der Waals surface area (Å²) in [5.74, 6) is 0. The third-order valence-corrected chi connectivity index (χ3v) is 1.41. The van der Waals surface area contributed by atoms with Gasteiger partial charge in [-0.25, -0.2) is 4.79 Å². The zero-order valence-electron chi connectivity index (χ0n) is 6.57. The van der Waals surface area contributed by atoms with Gasteiger partial charge in [0.05, 0.1) is 5.56 Å². The average Bonchev–Trinajstić information content (AvgIpc) is 2.01. The van der Waals surface area contributed by atoms with Gasteiger partial charge in [-0.05, 0) is 12.3 Å². The zero-order valence-corrected chi connectivity index (χ0v) is 6.57. The molecule has 0 aromatic carbocycles. The lowest BCUT2D eigenvalue weighted by Gasteiger charge is -1.96. The van der Waals surface area contributed by atoms with E-state index in [9.17, 15) is 9.59 Å². The van der Waals surface area contributed by atoms with Gasteiger partial charge in [0.25, 0.3) is 5.56 Å². The molecule has 1 heterocycles. The molecule has 0 radical (unpaired) electrons. The van der Waals surface area contributed by atoms with Crippen LogP contribution in [0.3, 0.4) is 0 Å². The van der Waals surface area contributed by atoms with Gasteiger partial charge < -0.3 is 10.3 Å². The highest BCUT2D eigenvalue weighted by Gasteiger charge is 1.96. The highest BCUT2D eigenvalue weighted by atomic mass is 16.2. The molecule has 0 aliphatic heterocycles. The monoisotopic (exact) mass is 167 g/mol. The Hall–Kier alpha value is -1.78. The lowest BCUT2D eigenvalue weighted by atomic mass is 10.3. The molecule has 0 aliphatic carbocycles. The van der Waals surface area contributed by atoms with Gasteiger partial charge in [0.15, 0.2) is 0 Å². The molecule has 12 heavy (non-hydrogen) atoms. The van der Waals surface area contributed by atoms with E-state index >= 15 is 0 Å². The van der Waals surface area contributed by atoms with Crippen LogP contribution in [0.15, 0.2) is 22.0 Å². The first kappa shape index (κ1) is 8.32. The molecular formula is C7H9N3O2. The third kappa shape index (κ3) is 1.45. The molecule has 1 aromatic heterocycles. The van der Waals surface area contributed by atoms with Gasteiger partial charge in [-0.3, -0.25) is 9.78 Å². The molecule has 0 atom stereocenters. The van der Waals surface area contributed by atoms with Crippen LogP contribution in [-0.2, 0) is 7.05 Å². The summed E-state index contributed by atoms with van der Waals surface area (Å²) in [5.41, 5.74) is 4.59. The number of aryl methyl sites for hydroxylation is 1. The standard InChI is InChI=1S/C7H9N3O2/c1-10-4-5(2-3-8)6(11)9-7(10)12/h2-4H,8H2,1H3,(H,9,11,12)/b3-2+. The fraction of sp³-hybridized carbons (Fsp3) is 0.143. The highest BCUT2D eigenvalue weighted by Crippen LogP contribution is 1.87. The van der Waals surface area contributed by atoms with Crippen molar-refractivity contribution in [2.24, 2.45) is 12.8 Å². The molecule has 5 heteroatoms. The fourth-order valence-electron chi connectivity index (χ4n) is 0.806. The number of nitrogens with zero attached hydrogens (tertiary/aromatic N) is 1. The van der Waals surface area contributed by atoms with Gasteiger partial charge in [-0.15, -0.1) is 0 Å². The minimum atomic E-state index is -0.436. The lowest BCUT2D eigenvalue weighted by molar-refractivity contribution is 0.796. The summed E-state index contributed by atoms with van der Waals surface area (Å²) < 4.78 is 1.27. The molecule has 5 nitrogen and oxygen atoms in total. The molecule has 0 unspecified atom stereocenters. The van der Waals surface area contributed by atoms with E-state index < -0.39 is 11.2 Å². The van der Waals surface area contributed by atoms with Gasteiger partial charge in [-0.1, -0.05) is 0 Å². The Labute approximate surface area is 68.1 Å². The predicted octanol–water partition coefficient (Wildman–Crippen LogP) is -0.997. The lowest BCUT2D eigenvalue weighted by Crippen LogP contribution is -2.28. The van der Waals surface area contributed by atoms with Gasteiger partial charge in [0.1, 0.15) is 0 Å². The first-order valence-electron chi connectivity index (χ1n) is 3.33. The van der Waals surface area contributed by atoms with Crippen molar-refractivity contribution >= 4 is 6.08 Å². The Kier molecular flexibility index (Phi) is 2.14. The van der Waals surface area contributed by atoms with Crippen LogP contribution in [0.2, 0.25) is 0 Å². The summed E-state index contributed by atoms with van der Waals surface area (Å²) >= 11 is 0. The fourth-order valence-corrected chi connectivity index (χ4v) is 0.806. The molecule has 0 saturated carbocycles. The smallest absolute Gasteiger partial charge is 0.328 e. The van der Waals surface area contributed by atoms with Crippen LogP contribution in [-0.4, -0.2) is 9.55 Å². The minimum absolute atomic E-state index is 0.361. The topological polar surface area (TPSA) is 80.9 Å². The number of H-pyrrole nitrogens is 1. The van der Waals surface area contributed by atoms with Crippen LogP contribution in [0.5, 0.6) is 0 Å². The van der Waals surface area contributed by atoms with Crippen LogP contribution < -0.4 is 17.0 Å². The molecular weight excluding hydrogens is 158 g/mol. The Morgan fingerprint density at radius 3 is 2.83 bits per heavy atom. The van der Waals surface area contributed by atoms with Gasteiger partial charge in [0, 0.05) is 13.2 Å². The summed E-state index contributed by atoms with van der Waals surface area (Å²) in [4.78, 5) is 24.0. The second-order valence-electron chi connectivity index (χ2n) is 2.31. The number of nitrogens with one attached hydrogen (secondary N) is 1. The molecule has 0 fully saturated rings. The summed E-state index contributed by atoms with van der Waals surface area (Å²) in [6, 6.07) is 0. The van der Waals surface area contributed by atoms with Crippen molar-refractivity contribution in [2.45, 2.75) is 0 Å². The van der Waals surface area contributed by atoms with Crippen molar-refractivity contribution in [3.63, 3.8) is 0 Å². The van der Waals surface area contributed by atoms with Crippen molar-refractivity contribution in [3.05, 3.63) is 38.8 Å². The van der Waals surface area contributed by atoms with E-state index in [0.717, 1.165) is 0 Å². The van der Waals surface area contributed by atoms with E-state index in [-0.39, 0.29) is 0 Å². The Bertz CT molecular complexity index is 413. The first-order valence-corrected chi connectivity index (χ1v) is 3.33. The van der Waals surface area contributed by atoms with Crippen LogP contribution in [0, 0.1) is 0 Å². The van der Waals surface area contributed by atoms with Crippen LogP contribution in [0.4, 0.5) is 0 Å². The number of rotatable bonds is 1. The number of hydrogen-bond donors (Lipinski definition) is 2. The van der Waals surface area contributed by atoms with Crippen LogP contribution >= 0.6 is 0 Å². The molecule has 0 aliphatic rings. The largest absolute Gasteiger partial charge is 0.405 e. The van der Waals surface area contributed by atoms with Gasteiger partial charge >= 0.3 is 5.69 Å². The van der Waals surface area contributed by atoms with Gasteiger partial charge in [0.2, 0.25) is 0 Å². The molecule has 0 amide bonds. The molecule has 1 aromatic rings. The summed E-state index contributed by atoms with van der Waals surface area (Å²) in [7, 11) is 1.55. The Morgan fingerprint density at radius 1 is 1.58 bits per heavy atom. The van der Waals surface area contributed by atoms with Crippen LogP contribution in [0.25, 0.3) is 6.08 Å². The van der Waals surface area contributed by atoms with E-state index in [1.54, 1.807) is 7.05 Å². The SMILES string of the molecule is Cn1cc(/C=C/N)c(=O)[nH]c1=O. The summed E-state index contributed by atoms with van der Waals surface area (Å²) in [6.45, 7) is 0. The average molecular weight is 167 g/mol. The normalized spacial score (nSPS) is 10.8. The maximum absolute atomic E-state index is 11.0. The molecule has 0 bridgehead atoms. The maximum Gasteiger partial charge on any atom is 0.328 e. The molecule has 64 valence electrons. The Morgan fingerprint density at radius 2 is 2.25 bits per heavy atom. The van der Waals surface area contributed by atoms with Crippen molar-refractivity contribution in [2.75, 3.05) is 0 Å². The van der Waals surface area contributed by atoms with Crippen molar-refractivity contribution in [1.82, 2.24) is 9.55 Å². The quantitative estimate of drug-likeness (QED) is 0.563. The molecule has 0 saturated heterocycles. The predicted molar refractivity (Wildman–Crippen MR) is 45.5 cm³/mol. The van der Waals surface area contributed by atoms with E-state index in [4.69, 9.17) is 5.73 Å². The number of aromatic nitrogens is 2. The second kappa shape index (κ2) is 3.08. The third-order valence-electron chi connectivity index (χ3n) is 1.41. The number of hydrogen-bond acceptors (Lipinski definition) is 3. The van der Waals surface area contributed by atoms with Crippen molar-refractivity contribution < 1.29 is 0 Å². The number of aromatic amines is 1. The summed E-state index contributed by atoms with van der Waals surface area (Å²) in [5, 5.41) is 0. The molecule has 3 N–H and O–H groups in total. The highest BCUT2D eigenvalue weighted by molar-refractivity contribution is 5.45. The molecule has 0 spiro atoms. The van der Waals surface area contributed by atoms with Crippen molar-refractivity contribution in [1.29, 1.82) is 0 Å². The second-order valence-corrected chi connectivity index (χ2v) is 2.31. The summed E-state index contributed by atoms with van der Waals surface area (Å²) in [6.07, 6.45) is 4.10. The van der Waals surface area contributed by atoms with Crippen molar-refractivity contribution in [3.8, 4) is 0 Å². The van der Waals surface area contributed by atoms with Crippen LogP contribution in [0.1, 0.15) is 5.56 Å². The van der Waals surface area contributed by atoms with E-state index in [1.807, 2.05) is 0 Å². The Balaban J connectivity index is 3.43. The molecule has 1 rings (SSSR count). The van der Waals surface area contributed by atoms with E-state index in [2.05, 4.69) is 4.98 Å². The van der Waals surface area contributed by atoms with Gasteiger partial charge in [-0.2, -0.15) is 0 Å². The minimum Gasteiger partial charge on any atom is -0.405 e. The zero-order chi connectivity index (χ0) is 9.14. The first-order chi connectivity index (χ1) is 5.65. The van der Waals surface area contributed by atoms with E-state index in [0.29, 0.717) is 5.56 Å². The van der Waals surface area contributed by atoms with E-state index in [1.165, 1.54) is 23.0 Å².